The minimum Gasteiger partial charge on any atom is -0.379 e. The Kier molecular flexibility index (Phi) is 7.49. The third kappa shape index (κ3) is 6.26. The van der Waals surface area contributed by atoms with E-state index in [-0.39, 0.29) is 22.5 Å². The quantitative estimate of drug-likeness (QED) is 0.675. The first kappa shape index (κ1) is 22.7. The molecule has 0 saturated carbocycles. The number of amides is 1. The van der Waals surface area contributed by atoms with Crippen LogP contribution in [-0.2, 0) is 16.1 Å². The average molecular weight is 436 g/mol. The predicted octanol–water partition coefficient (Wildman–Crippen LogP) is 2.81. The molecular weight excluding hydrogens is 405 g/mol. The molecular formula is C21H30FN5O2S. The molecule has 1 amide bonds. The highest BCUT2D eigenvalue weighted by Crippen LogP contribution is 2.27. The molecule has 0 aliphatic carbocycles. The topological polar surface area (TPSA) is 72.3 Å². The van der Waals surface area contributed by atoms with Crippen molar-refractivity contribution >= 4 is 17.7 Å². The van der Waals surface area contributed by atoms with Gasteiger partial charge in [-0.15, -0.1) is 10.2 Å². The Labute approximate surface area is 181 Å². The Balaban J connectivity index is 1.80. The molecule has 1 aromatic carbocycles. The molecule has 1 aliphatic rings. The minimum atomic E-state index is -0.323. The largest absolute Gasteiger partial charge is 0.379 e. The Bertz CT molecular complexity index is 844. The normalized spacial score (nSPS) is 16.4. The lowest BCUT2D eigenvalue weighted by Crippen LogP contribution is -2.44. The Morgan fingerprint density at radius 3 is 2.50 bits per heavy atom. The van der Waals surface area contributed by atoms with Crippen LogP contribution in [0.25, 0.3) is 11.4 Å². The van der Waals surface area contributed by atoms with Crippen molar-refractivity contribution in [1.29, 1.82) is 0 Å². The van der Waals surface area contributed by atoms with Crippen LogP contribution in [-0.4, -0.2) is 69.2 Å². The van der Waals surface area contributed by atoms with Crippen molar-refractivity contribution < 1.29 is 13.9 Å². The van der Waals surface area contributed by atoms with Gasteiger partial charge in [0.2, 0.25) is 5.91 Å². The van der Waals surface area contributed by atoms with Crippen molar-refractivity contribution in [1.82, 2.24) is 25.0 Å². The van der Waals surface area contributed by atoms with Crippen LogP contribution < -0.4 is 5.32 Å². The molecule has 2 aromatic rings. The van der Waals surface area contributed by atoms with Gasteiger partial charge < -0.3 is 14.6 Å². The second-order valence-electron chi connectivity index (χ2n) is 8.42. The number of morpholine rings is 1. The molecule has 1 aromatic heterocycles. The zero-order chi connectivity index (χ0) is 21.7. The lowest BCUT2D eigenvalue weighted by atomic mass is 10.1. The second kappa shape index (κ2) is 9.89. The molecule has 0 spiro atoms. The number of carbonyl (C=O) groups excluding carboxylic acids is 1. The number of rotatable bonds is 7. The van der Waals surface area contributed by atoms with Crippen LogP contribution in [0.4, 0.5) is 4.39 Å². The van der Waals surface area contributed by atoms with Crippen LogP contribution in [0.15, 0.2) is 29.4 Å². The molecule has 1 unspecified atom stereocenters. The van der Waals surface area contributed by atoms with E-state index in [4.69, 9.17) is 4.74 Å². The van der Waals surface area contributed by atoms with E-state index < -0.39 is 0 Å². The smallest absolute Gasteiger partial charge is 0.233 e. The SMILES string of the molecule is CC(Sc1nnc(-c2ccc(F)cc2)n1CCN1CCOCC1)C(=O)NC(C)(C)C. The van der Waals surface area contributed by atoms with E-state index in [1.807, 2.05) is 32.3 Å². The number of nitrogens with one attached hydrogen (secondary N) is 1. The van der Waals surface area contributed by atoms with Gasteiger partial charge in [0.1, 0.15) is 5.82 Å². The third-order valence-electron chi connectivity index (χ3n) is 4.71. The van der Waals surface area contributed by atoms with Gasteiger partial charge in [-0.1, -0.05) is 11.8 Å². The minimum absolute atomic E-state index is 0.0430. The summed E-state index contributed by atoms with van der Waals surface area (Å²) in [6.45, 7) is 12.5. The first-order valence-corrected chi connectivity index (χ1v) is 11.1. The van der Waals surface area contributed by atoms with Crippen LogP contribution in [0, 0.1) is 5.82 Å². The van der Waals surface area contributed by atoms with Crippen LogP contribution in [0.3, 0.4) is 0 Å². The summed E-state index contributed by atoms with van der Waals surface area (Å²) >= 11 is 1.38. The zero-order valence-corrected chi connectivity index (χ0v) is 18.8. The molecule has 1 N–H and O–H groups in total. The molecule has 30 heavy (non-hydrogen) atoms. The van der Waals surface area contributed by atoms with Crippen molar-refractivity contribution in [2.24, 2.45) is 0 Å². The summed E-state index contributed by atoms with van der Waals surface area (Å²) in [5, 5.41) is 12.1. The molecule has 0 radical (unpaired) electrons. The highest BCUT2D eigenvalue weighted by Gasteiger charge is 2.24. The maximum absolute atomic E-state index is 13.4. The summed E-state index contributed by atoms with van der Waals surface area (Å²) in [5.41, 5.74) is 0.499. The summed E-state index contributed by atoms with van der Waals surface area (Å²) in [6.07, 6.45) is 0. The Morgan fingerprint density at radius 1 is 1.20 bits per heavy atom. The van der Waals surface area contributed by atoms with Crippen LogP contribution in [0.1, 0.15) is 27.7 Å². The van der Waals surface area contributed by atoms with Crippen molar-refractivity contribution in [2.45, 2.75) is 50.2 Å². The number of halogens is 1. The van der Waals surface area contributed by atoms with Crippen LogP contribution in [0.5, 0.6) is 0 Å². The molecule has 1 fully saturated rings. The fourth-order valence-corrected chi connectivity index (χ4v) is 4.01. The third-order valence-corrected chi connectivity index (χ3v) is 5.79. The summed E-state index contributed by atoms with van der Waals surface area (Å²) in [5.74, 6) is 0.341. The van der Waals surface area contributed by atoms with Crippen LogP contribution in [0.2, 0.25) is 0 Å². The Hall–Kier alpha value is -1.97. The standard InChI is InChI=1S/C21H30FN5O2S/c1-15(19(28)23-21(2,3)4)30-20-25-24-18(16-5-7-17(22)8-6-16)27(20)10-9-26-11-13-29-14-12-26/h5-8,15H,9-14H2,1-4H3,(H,23,28). The average Bonchev–Trinajstić information content (AvgIpc) is 3.09. The molecule has 1 aliphatic heterocycles. The van der Waals surface area contributed by atoms with Crippen molar-refractivity contribution in [2.75, 3.05) is 32.8 Å². The van der Waals surface area contributed by atoms with E-state index in [1.165, 1.54) is 23.9 Å². The van der Waals surface area contributed by atoms with Crippen LogP contribution >= 0.6 is 11.8 Å². The lowest BCUT2D eigenvalue weighted by Gasteiger charge is -2.27. The van der Waals surface area contributed by atoms with Crippen molar-refractivity contribution in [3.05, 3.63) is 30.1 Å². The molecule has 2 heterocycles. The van der Waals surface area contributed by atoms with Gasteiger partial charge in [-0.05, 0) is 52.0 Å². The molecule has 164 valence electrons. The summed E-state index contributed by atoms with van der Waals surface area (Å²) in [4.78, 5) is 14.9. The number of nitrogens with zero attached hydrogens (tertiary/aromatic N) is 4. The van der Waals surface area contributed by atoms with E-state index in [0.29, 0.717) is 17.5 Å². The summed E-state index contributed by atoms with van der Waals surface area (Å²) in [7, 11) is 0. The first-order valence-electron chi connectivity index (χ1n) is 10.2. The van der Waals surface area contributed by atoms with Gasteiger partial charge in [0, 0.05) is 37.3 Å². The molecule has 1 saturated heterocycles. The van der Waals surface area contributed by atoms with Gasteiger partial charge in [-0.25, -0.2) is 4.39 Å². The fourth-order valence-electron chi connectivity index (χ4n) is 3.14. The molecule has 7 nitrogen and oxygen atoms in total. The predicted molar refractivity (Wildman–Crippen MR) is 116 cm³/mol. The van der Waals surface area contributed by atoms with E-state index in [2.05, 4.69) is 20.4 Å². The number of ether oxygens (including phenoxy) is 1. The fraction of sp³-hybridized carbons (Fsp3) is 0.571. The highest BCUT2D eigenvalue weighted by molar-refractivity contribution is 8.00. The first-order chi connectivity index (χ1) is 14.2. The van der Waals surface area contributed by atoms with Gasteiger partial charge >= 0.3 is 0 Å². The maximum Gasteiger partial charge on any atom is 0.233 e. The molecule has 9 heteroatoms. The van der Waals surface area contributed by atoms with Gasteiger partial charge in [0.15, 0.2) is 11.0 Å². The monoisotopic (exact) mass is 435 g/mol. The van der Waals surface area contributed by atoms with Gasteiger partial charge in [-0.2, -0.15) is 0 Å². The van der Waals surface area contributed by atoms with Crippen molar-refractivity contribution in [3.63, 3.8) is 0 Å². The molecule has 0 bridgehead atoms. The lowest BCUT2D eigenvalue weighted by molar-refractivity contribution is -0.121. The van der Waals surface area contributed by atoms with E-state index in [9.17, 15) is 9.18 Å². The maximum atomic E-state index is 13.4. The van der Waals surface area contributed by atoms with E-state index in [0.717, 1.165) is 38.4 Å². The van der Waals surface area contributed by atoms with Crippen molar-refractivity contribution in [3.8, 4) is 11.4 Å². The number of carbonyl (C=O) groups is 1. The van der Waals surface area contributed by atoms with Gasteiger partial charge in [0.25, 0.3) is 0 Å². The number of thioether (sulfide) groups is 1. The van der Waals surface area contributed by atoms with E-state index >= 15 is 0 Å². The summed E-state index contributed by atoms with van der Waals surface area (Å²) in [6, 6.07) is 6.24. The molecule has 1 atom stereocenters. The van der Waals surface area contributed by atoms with E-state index in [1.54, 1.807) is 12.1 Å². The second-order valence-corrected chi connectivity index (χ2v) is 9.73. The van der Waals surface area contributed by atoms with Gasteiger partial charge in [-0.3, -0.25) is 9.69 Å². The molecule has 3 rings (SSSR count). The summed E-state index contributed by atoms with van der Waals surface area (Å²) < 4.78 is 20.8. The number of hydrogen-bond donors (Lipinski definition) is 1. The number of benzene rings is 1. The highest BCUT2D eigenvalue weighted by atomic mass is 32.2. The Morgan fingerprint density at radius 2 is 1.87 bits per heavy atom. The number of aromatic nitrogens is 3. The van der Waals surface area contributed by atoms with Gasteiger partial charge in [0.05, 0.1) is 18.5 Å². The number of hydrogen-bond acceptors (Lipinski definition) is 6. The zero-order valence-electron chi connectivity index (χ0n) is 18.0.